The Morgan fingerprint density at radius 3 is 2.55 bits per heavy atom. The second-order valence-corrected chi connectivity index (χ2v) is 1.95. The molecule has 5 nitrogen and oxygen atoms in total. The van der Waals surface area contributed by atoms with Gasteiger partial charge in [-0.15, -0.1) is 0 Å². The first-order valence-corrected chi connectivity index (χ1v) is 2.94. The van der Waals surface area contributed by atoms with Gasteiger partial charge in [-0.1, -0.05) is 0 Å². The van der Waals surface area contributed by atoms with Gasteiger partial charge in [0.1, 0.15) is 6.04 Å². The first kappa shape index (κ1) is 9.43. The van der Waals surface area contributed by atoms with Crippen molar-refractivity contribution in [2.45, 2.75) is 19.4 Å². The number of amides is 1. The molecule has 2 N–H and O–H groups in total. The number of hydrogen-bond acceptors (Lipinski definition) is 3. The summed E-state index contributed by atoms with van der Waals surface area (Å²) in [5, 5.41) is 18.6. The largest absolute Gasteiger partial charge is 0.480 e. The van der Waals surface area contributed by atoms with Crippen molar-refractivity contribution in [1.82, 2.24) is 5.32 Å². The van der Waals surface area contributed by atoms with Crippen LogP contribution < -0.4 is 5.32 Å². The first-order valence-electron chi connectivity index (χ1n) is 2.94. The molecule has 0 saturated carbocycles. The molecule has 1 atom stereocenters. The van der Waals surface area contributed by atoms with E-state index in [1.165, 1.54) is 6.92 Å². The molecule has 0 spiro atoms. The Bertz CT molecular complexity index is 206. The zero-order valence-electron chi connectivity index (χ0n) is 6.00. The monoisotopic (exact) mass is 156 g/mol. The minimum atomic E-state index is -1.19. The zero-order valence-corrected chi connectivity index (χ0v) is 6.00. The Morgan fingerprint density at radius 1 is 1.73 bits per heavy atom. The highest BCUT2D eigenvalue weighted by Crippen LogP contribution is 1.89. The van der Waals surface area contributed by atoms with Gasteiger partial charge in [-0.2, -0.15) is 5.26 Å². The topological polar surface area (TPSA) is 90.2 Å². The smallest absolute Gasteiger partial charge is 0.327 e. The highest BCUT2D eigenvalue weighted by molar-refractivity contribution is 5.82. The van der Waals surface area contributed by atoms with Crippen molar-refractivity contribution in [2.24, 2.45) is 0 Å². The summed E-state index contributed by atoms with van der Waals surface area (Å²) >= 11 is 0. The van der Waals surface area contributed by atoms with Gasteiger partial charge in [-0.3, -0.25) is 4.79 Å². The Kier molecular flexibility index (Phi) is 3.67. The van der Waals surface area contributed by atoms with Crippen molar-refractivity contribution in [1.29, 1.82) is 5.26 Å². The van der Waals surface area contributed by atoms with Crippen molar-refractivity contribution in [2.75, 3.05) is 0 Å². The Labute approximate surface area is 63.6 Å². The van der Waals surface area contributed by atoms with Crippen LogP contribution in [-0.2, 0) is 9.59 Å². The summed E-state index contributed by atoms with van der Waals surface area (Å²) in [7, 11) is 0. The lowest BCUT2D eigenvalue weighted by Gasteiger charge is -2.07. The molecule has 60 valence electrons. The number of carboxylic acid groups (broad SMARTS) is 1. The van der Waals surface area contributed by atoms with Crippen LogP contribution in [0.4, 0.5) is 0 Å². The summed E-state index contributed by atoms with van der Waals surface area (Å²) in [5.41, 5.74) is 0. The van der Waals surface area contributed by atoms with Gasteiger partial charge >= 0.3 is 5.97 Å². The van der Waals surface area contributed by atoms with Crippen LogP contribution in [0.3, 0.4) is 0 Å². The van der Waals surface area contributed by atoms with Gasteiger partial charge in [0, 0.05) is 6.92 Å². The third-order valence-corrected chi connectivity index (χ3v) is 0.971. The molecule has 0 aromatic heterocycles. The van der Waals surface area contributed by atoms with Gasteiger partial charge in [0.2, 0.25) is 5.91 Å². The van der Waals surface area contributed by atoms with Gasteiger partial charge in [0.25, 0.3) is 0 Å². The molecule has 0 unspecified atom stereocenters. The normalized spacial score (nSPS) is 11.3. The van der Waals surface area contributed by atoms with Gasteiger partial charge < -0.3 is 10.4 Å². The van der Waals surface area contributed by atoms with Crippen LogP contribution >= 0.6 is 0 Å². The molecule has 1 amide bonds. The van der Waals surface area contributed by atoms with Gasteiger partial charge in [-0.05, 0) is 0 Å². The molecule has 0 fully saturated rings. The molecule has 0 aromatic carbocycles. The van der Waals surface area contributed by atoms with E-state index in [-0.39, 0.29) is 6.42 Å². The van der Waals surface area contributed by atoms with Crippen LogP contribution in [0.2, 0.25) is 0 Å². The van der Waals surface area contributed by atoms with E-state index in [0.717, 1.165) is 0 Å². The second kappa shape index (κ2) is 4.28. The maximum absolute atomic E-state index is 10.3. The number of nitrogens with zero attached hydrogens (tertiary/aromatic N) is 1. The number of carbonyl (C=O) groups is 2. The predicted molar refractivity (Wildman–Crippen MR) is 35.5 cm³/mol. The fraction of sp³-hybridized carbons (Fsp3) is 0.500. The van der Waals surface area contributed by atoms with E-state index in [1.807, 2.05) is 0 Å². The Morgan fingerprint density at radius 2 is 2.27 bits per heavy atom. The van der Waals surface area contributed by atoms with Crippen molar-refractivity contribution >= 4 is 11.9 Å². The van der Waals surface area contributed by atoms with Crippen LogP contribution in [0.5, 0.6) is 0 Å². The summed E-state index contributed by atoms with van der Waals surface area (Å²) in [6.45, 7) is 1.20. The van der Waals surface area contributed by atoms with E-state index in [9.17, 15) is 9.59 Å². The van der Waals surface area contributed by atoms with Gasteiger partial charge in [0.05, 0.1) is 12.5 Å². The van der Waals surface area contributed by atoms with Crippen molar-refractivity contribution in [3.05, 3.63) is 0 Å². The van der Waals surface area contributed by atoms with E-state index < -0.39 is 17.9 Å². The van der Waals surface area contributed by atoms with Crippen LogP contribution in [-0.4, -0.2) is 23.0 Å². The van der Waals surface area contributed by atoms with E-state index in [2.05, 4.69) is 5.32 Å². The molecule has 0 aliphatic rings. The Hall–Kier alpha value is -1.57. The average Bonchev–Trinajstić information content (AvgIpc) is 1.86. The number of hydrogen-bond donors (Lipinski definition) is 2. The SMILES string of the molecule is CC(=O)N[C@@H](CC#N)C(=O)O. The number of carbonyl (C=O) groups excluding carboxylic acids is 1. The van der Waals surface area contributed by atoms with Crippen LogP contribution in [0.25, 0.3) is 0 Å². The lowest BCUT2D eigenvalue weighted by atomic mass is 10.2. The minimum Gasteiger partial charge on any atom is -0.480 e. The van der Waals surface area contributed by atoms with E-state index in [1.54, 1.807) is 6.07 Å². The molecule has 0 aliphatic heterocycles. The third kappa shape index (κ3) is 3.92. The van der Waals surface area contributed by atoms with E-state index in [4.69, 9.17) is 10.4 Å². The summed E-state index contributed by atoms with van der Waals surface area (Å²) in [6, 6.07) is 0.573. The molecule has 0 radical (unpaired) electrons. The zero-order chi connectivity index (χ0) is 8.85. The maximum Gasteiger partial charge on any atom is 0.327 e. The summed E-state index contributed by atoms with van der Waals surface area (Å²) in [6.07, 6.45) is -0.213. The fourth-order valence-corrected chi connectivity index (χ4v) is 0.537. The summed E-state index contributed by atoms with van der Waals surface area (Å²) in [4.78, 5) is 20.6. The molecule has 0 aliphatic carbocycles. The molecule has 0 bridgehead atoms. The minimum absolute atomic E-state index is 0.213. The molecule has 11 heavy (non-hydrogen) atoms. The summed E-state index contributed by atoms with van der Waals surface area (Å²) in [5.74, 6) is -1.64. The fourth-order valence-electron chi connectivity index (χ4n) is 0.537. The second-order valence-electron chi connectivity index (χ2n) is 1.95. The van der Waals surface area contributed by atoms with Crippen molar-refractivity contribution in [3.63, 3.8) is 0 Å². The lowest BCUT2D eigenvalue weighted by Crippen LogP contribution is -2.39. The van der Waals surface area contributed by atoms with Crippen LogP contribution in [0, 0.1) is 11.3 Å². The standard InChI is InChI=1S/C6H8N2O3/c1-4(9)8-5(2-3-7)6(10)11/h5H,2H2,1H3,(H,8,9)(H,10,11)/t5-/m0/s1. The highest BCUT2D eigenvalue weighted by Gasteiger charge is 2.16. The molecule has 5 heteroatoms. The maximum atomic E-state index is 10.3. The number of nitrogens with one attached hydrogen (secondary N) is 1. The van der Waals surface area contributed by atoms with E-state index in [0.29, 0.717) is 0 Å². The van der Waals surface area contributed by atoms with Gasteiger partial charge in [0.15, 0.2) is 0 Å². The molecule has 0 saturated heterocycles. The van der Waals surface area contributed by atoms with Crippen LogP contribution in [0.1, 0.15) is 13.3 Å². The summed E-state index contributed by atoms with van der Waals surface area (Å²) < 4.78 is 0. The lowest BCUT2D eigenvalue weighted by molar-refractivity contribution is -0.141. The molecular weight excluding hydrogens is 148 g/mol. The first-order chi connectivity index (χ1) is 5.07. The third-order valence-electron chi connectivity index (χ3n) is 0.971. The number of carboxylic acids is 1. The molecular formula is C6H8N2O3. The highest BCUT2D eigenvalue weighted by atomic mass is 16.4. The number of nitriles is 1. The van der Waals surface area contributed by atoms with Crippen LogP contribution in [0.15, 0.2) is 0 Å². The Balaban J connectivity index is 4.02. The molecule has 0 aromatic rings. The number of rotatable bonds is 3. The van der Waals surface area contributed by atoms with Crippen molar-refractivity contribution < 1.29 is 14.7 Å². The quantitative estimate of drug-likeness (QED) is 0.575. The number of aliphatic carboxylic acids is 1. The van der Waals surface area contributed by atoms with E-state index >= 15 is 0 Å². The molecule has 0 heterocycles. The van der Waals surface area contributed by atoms with Crippen molar-refractivity contribution in [3.8, 4) is 6.07 Å². The van der Waals surface area contributed by atoms with Gasteiger partial charge in [-0.25, -0.2) is 4.79 Å². The average molecular weight is 156 g/mol. The predicted octanol–water partition coefficient (Wildman–Crippen LogP) is -0.511. The molecule has 0 rings (SSSR count).